The van der Waals surface area contributed by atoms with Crippen LogP contribution in [0.15, 0.2) is 0 Å². The first-order valence-corrected chi connectivity index (χ1v) is 5.31. The molecule has 13 heavy (non-hydrogen) atoms. The van der Waals surface area contributed by atoms with Crippen LogP contribution in [0.25, 0.3) is 0 Å². The minimum Gasteiger partial charge on any atom is -0.476 e. The van der Waals surface area contributed by atoms with Gasteiger partial charge in [-0.25, -0.2) is 9.78 Å². The number of fused-ring (bicyclic) bond motifs is 1. The van der Waals surface area contributed by atoms with Gasteiger partial charge >= 0.3 is 5.97 Å². The van der Waals surface area contributed by atoms with Gasteiger partial charge in [-0.15, -0.1) is 11.3 Å². The summed E-state index contributed by atoms with van der Waals surface area (Å²) in [6.45, 7) is 0. The van der Waals surface area contributed by atoms with E-state index in [2.05, 4.69) is 4.98 Å². The van der Waals surface area contributed by atoms with Crippen molar-refractivity contribution in [3.05, 3.63) is 15.6 Å². The number of rotatable bonds is 1. The quantitative estimate of drug-likeness (QED) is 0.701. The van der Waals surface area contributed by atoms with E-state index in [0.29, 0.717) is 0 Å². The Bertz CT molecular complexity index is 309. The number of carboxylic acid groups (broad SMARTS) is 1. The van der Waals surface area contributed by atoms with Gasteiger partial charge < -0.3 is 5.11 Å². The first kappa shape index (κ1) is 8.69. The minimum absolute atomic E-state index is 0.256. The van der Waals surface area contributed by atoms with E-state index < -0.39 is 5.97 Å². The number of hydrogen-bond acceptors (Lipinski definition) is 3. The maximum Gasteiger partial charge on any atom is 0.365 e. The van der Waals surface area contributed by atoms with Crippen LogP contribution in [0.5, 0.6) is 0 Å². The second kappa shape index (κ2) is 3.46. The third kappa shape index (κ3) is 1.72. The molecule has 1 heterocycles. The van der Waals surface area contributed by atoms with Gasteiger partial charge in [0.1, 0.15) is 0 Å². The lowest BCUT2D eigenvalue weighted by atomic mass is 10.2. The van der Waals surface area contributed by atoms with Crippen LogP contribution in [0.4, 0.5) is 0 Å². The van der Waals surface area contributed by atoms with Crippen molar-refractivity contribution in [1.82, 2.24) is 4.98 Å². The number of hydrogen-bond donors (Lipinski definition) is 1. The molecular weight excluding hydrogens is 186 g/mol. The zero-order valence-electron chi connectivity index (χ0n) is 7.25. The van der Waals surface area contributed by atoms with Crippen LogP contribution in [0.1, 0.15) is 39.6 Å². The molecule has 3 nitrogen and oxygen atoms in total. The number of carbonyl (C=O) groups is 1. The smallest absolute Gasteiger partial charge is 0.365 e. The van der Waals surface area contributed by atoms with Crippen molar-refractivity contribution in [2.45, 2.75) is 32.1 Å². The molecule has 4 heteroatoms. The Morgan fingerprint density at radius 2 is 2.08 bits per heavy atom. The van der Waals surface area contributed by atoms with Crippen molar-refractivity contribution in [2.75, 3.05) is 0 Å². The summed E-state index contributed by atoms with van der Waals surface area (Å²) < 4.78 is 0. The van der Waals surface area contributed by atoms with Crippen molar-refractivity contribution in [1.29, 1.82) is 0 Å². The number of nitrogens with zero attached hydrogens (tertiary/aromatic N) is 1. The van der Waals surface area contributed by atoms with E-state index in [4.69, 9.17) is 5.11 Å². The number of thiazole rings is 1. The zero-order valence-corrected chi connectivity index (χ0v) is 8.06. The molecule has 70 valence electrons. The van der Waals surface area contributed by atoms with Crippen LogP contribution in [0.2, 0.25) is 0 Å². The first-order valence-electron chi connectivity index (χ1n) is 4.49. The summed E-state index contributed by atoms with van der Waals surface area (Å²) in [7, 11) is 0. The van der Waals surface area contributed by atoms with Gasteiger partial charge in [0.25, 0.3) is 0 Å². The predicted octanol–water partition coefficient (Wildman–Crippen LogP) is 2.11. The SMILES string of the molecule is O=C(O)c1nc2c(s1)CCCCC2. The maximum atomic E-state index is 10.7. The molecule has 1 aromatic heterocycles. The average molecular weight is 197 g/mol. The fourth-order valence-corrected chi connectivity index (χ4v) is 2.61. The van der Waals surface area contributed by atoms with E-state index >= 15 is 0 Å². The lowest BCUT2D eigenvalue weighted by Gasteiger charge is -1.90. The standard InChI is InChI=1S/C9H11NO2S/c11-9(12)8-10-6-4-2-1-3-5-7(6)13-8/h1-5H2,(H,11,12). The summed E-state index contributed by atoms with van der Waals surface area (Å²) in [5, 5.41) is 9.01. The maximum absolute atomic E-state index is 10.7. The summed E-state index contributed by atoms with van der Waals surface area (Å²) in [4.78, 5) is 16.0. The molecule has 0 bridgehead atoms. The Kier molecular flexibility index (Phi) is 2.31. The van der Waals surface area contributed by atoms with Crippen molar-refractivity contribution in [3.8, 4) is 0 Å². The Labute approximate surface area is 80.4 Å². The minimum atomic E-state index is -0.891. The largest absolute Gasteiger partial charge is 0.476 e. The fourth-order valence-electron chi connectivity index (χ4n) is 1.62. The van der Waals surface area contributed by atoms with Crippen LogP contribution in [-0.2, 0) is 12.8 Å². The number of carboxylic acids is 1. The van der Waals surface area contributed by atoms with E-state index in [-0.39, 0.29) is 5.01 Å². The van der Waals surface area contributed by atoms with Gasteiger partial charge in [-0.3, -0.25) is 0 Å². The topological polar surface area (TPSA) is 50.2 Å². The third-order valence-corrected chi connectivity index (χ3v) is 3.42. The highest BCUT2D eigenvalue weighted by Gasteiger charge is 2.16. The van der Waals surface area contributed by atoms with Crippen LogP contribution >= 0.6 is 11.3 Å². The highest BCUT2D eigenvalue weighted by atomic mass is 32.1. The monoisotopic (exact) mass is 197 g/mol. The number of aryl methyl sites for hydroxylation is 2. The highest BCUT2D eigenvalue weighted by Crippen LogP contribution is 2.25. The van der Waals surface area contributed by atoms with E-state index in [1.807, 2.05) is 0 Å². The molecule has 0 unspecified atom stereocenters. The Hall–Kier alpha value is -0.900. The predicted molar refractivity (Wildman–Crippen MR) is 50.3 cm³/mol. The summed E-state index contributed by atoms with van der Waals surface area (Å²) >= 11 is 1.35. The number of aromatic carboxylic acids is 1. The third-order valence-electron chi connectivity index (χ3n) is 2.28. The van der Waals surface area contributed by atoms with Crippen molar-refractivity contribution >= 4 is 17.3 Å². The van der Waals surface area contributed by atoms with E-state index in [0.717, 1.165) is 25.0 Å². The molecule has 0 amide bonds. The van der Waals surface area contributed by atoms with Gasteiger partial charge in [-0.1, -0.05) is 6.42 Å². The second-order valence-corrected chi connectivity index (χ2v) is 4.34. The summed E-state index contributed by atoms with van der Waals surface area (Å²) in [5.41, 5.74) is 1.03. The molecule has 0 saturated heterocycles. The van der Waals surface area contributed by atoms with Gasteiger partial charge in [0.15, 0.2) is 0 Å². The van der Waals surface area contributed by atoms with Gasteiger partial charge in [-0.05, 0) is 25.7 Å². The Morgan fingerprint density at radius 3 is 2.85 bits per heavy atom. The normalized spacial score (nSPS) is 16.3. The lowest BCUT2D eigenvalue weighted by molar-refractivity contribution is 0.0696. The van der Waals surface area contributed by atoms with Crippen LogP contribution in [0.3, 0.4) is 0 Å². The van der Waals surface area contributed by atoms with Crippen molar-refractivity contribution in [2.24, 2.45) is 0 Å². The average Bonchev–Trinajstić information content (AvgIpc) is 2.38. The van der Waals surface area contributed by atoms with Crippen LogP contribution < -0.4 is 0 Å². The zero-order chi connectivity index (χ0) is 9.26. The molecule has 1 aliphatic rings. The summed E-state index contributed by atoms with van der Waals surface area (Å²) in [6.07, 6.45) is 5.54. The van der Waals surface area contributed by atoms with Crippen molar-refractivity contribution < 1.29 is 9.90 Å². The molecule has 0 radical (unpaired) electrons. The van der Waals surface area contributed by atoms with Crippen molar-refractivity contribution in [3.63, 3.8) is 0 Å². The lowest BCUT2D eigenvalue weighted by Crippen LogP contribution is -1.95. The summed E-state index contributed by atoms with van der Waals surface area (Å²) in [6, 6.07) is 0. The molecule has 0 spiro atoms. The molecule has 0 aromatic carbocycles. The van der Waals surface area contributed by atoms with Gasteiger partial charge in [0.2, 0.25) is 5.01 Å². The number of aromatic nitrogens is 1. The molecule has 1 aromatic rings. The molecule has 1 N–H and O–H groups in total. The van der Waals surface area contributed by atoms with E-state index in [1.54, 1.807) is 0 Å². The van der Waals surface area contributed by atoms with Crippen LogP contribution in [0, 0.1) is 0 Å². The fraction of sp³-hybridized carbons (Fsp3) is 0.556. The first-order chi connectivity index (χ1) is 6.27. The van der Waals surface area contributed by atoms with Gasteiger partial charge in [0, 0.05) is 4.88 Å². The molecule has 2 rings (SSSR count). The molecule has 0 aliphatic heterocycles. The van der Waals surface area contributed by atoms with E-state index in [1.165, 1.54) is 29.1 Å². The Balaban J connectivity index is 2.32. The molecule has 0 atom stereocenters. The van der Waals surface area contributed by atoms with Gasteiger partial charge in [0.05, 0.1) is 5.69 Å². The van der Waals surface area contributed by atoms with E-state index in [9.17, 15) is 4.79 Å². The molecule has 0 saturated carbocycles. The second-order valence-electron chi connectivity index (χ2n) is 3.25. The Morgan fingerprint density at radius 1 is 1.31 bits per heavy atom. The summed E-state index contributed by atoms with van der Waals surface area (Å²) in [5.74, 6) is -0.891. The molecule has 1 aliphatic carbocycles. The highest BCUT2D eigenvalue weighted by molar-refractivity contribution is 7.13. The molecular formula is C9H11NO2S. The van der Waals surface area contributed by atoms with Crippen LogP contribution in [-0.4, -0.2) is 16.1 Å². The molecule has 0 fully saturated rings. The van der Waals surface area contributed by atoms with Gasteiger partial charge in [-0.2, -0.15) is 0 Å².